The van der Waals surface area contributed by atoms with E-state index in [0.29, 0.717) is 23.4 Å². The highest BCUT2D eigenvalue weighted by atomic mass is 19.1. The lowest BCUT2D eigenvalue weighted by Gasteiger charge is -2.36. The number of hydrogen-bond acceptors (Lipinski definition) is 6. The van der Waals surface area contributed by atoms with Crippen molar-refractivity contribution in [2.45, 2.75) is 26.8 Å². The summed E-state index contributed by atoms with van der Waals surface area (Å²) >= 11 is 0. The molecule has 3 aromatic rings. The van der Waals surface area contributed by atoms with Crippen molar-refractivity contribution in [1.82, 2.24) is 20.4 Å². The third kappa shape index (κ3) is 4.46. The molecule has 0 saturated carbocycles. The summed E-state index contributed by atoms with van der Waals surface area (Å²) in [6.07, 6.45) is 0. The molecule has 1 atom stereocenters. The number of halogens is 1. The molecule has 2 aromatic carbocycles. The molecule has 1 N–H and O–H groups in total. The van der Waals surface area contributed by atoms with Crippen LogP contribution in [0.15, 0.2) is 52.7 Å². The Morgan fingerprint density at radius 3 is 2.50 bits per heavy atom. The molecule has 1 aromatic heterocycles. The van der Waals surface area contributed by atoms with Crippen LogP contribution in [0.25, 0.3) is 17.0 Å². The Labute approximate surface area is 197 Å². The highest BCUT2D eigenvalue weighted by Gasteiger charge is 2.36. The molecule has 0 bridgehead atoms. The van der Waals surface area contributed by atoms with Crippen molar-refractivity contribution in [3.8, 4) is 22.9 Å². The Morgan fingerprint density at radius 1 is 1.15 bits per heavy atom. The third-order valence-electron chi connectivity index (χ3n) is 5.66. The molecule has 0 fully saturated rings. The second-order valence-corrected chi connectivity index (χ2v) is 8.43. The summed E-state index contributed by atoms with van der Waals surface area (Å²) < 4.78 is 30.1. The molecule has 0 spiro atoms. The second-order valence-electron chi connectivity index (χ2n) is 8.43. The number of rotatable bonds is 7. The smallest absolute Gasteiger partial charge is 0.322 e. The molecular weight excluding hydrogens is 439 g/mol. The van der Waals surface area contributed by atoms with Gasteiger partial charge in [0, 0.05) is 17.8 Å². The van der Waals surface area contributed by atoms with E-state index in [-0.39, 0.29) is 29.4 Å². The van der Waals surface area contributed by atoms with Crippen LogP contribution in [0.4, 0.5) is 9.18 Å². The van der Waals surface area contributed by atoms with Crippen LogP contribution in [0.5, 0.6) is 11.5 Å². The van der Waals surface area contributed by atoms with E-state index in [2.05, 4.69) is 15.5 Å². The maximum absolute atomic E-state index is 14.2. The van der Waals surface area contributed by atoms with Crippen molar-refractivity contribution >= 4 is 11.6 Å². The Kier molecular flexibility index (Phi) is 6.54. The van der Waals surface area contributed by atoms with Crippen molar-refractivity contribution < 1.29 is 23.2 Å². The minimum atomic E-state index is -0.522. The normalized spacial score (nSPS) is 16.1. The van der Waals surface area contributed by atoms with Gasteiger partial charge in [0.05, 0.1) is 25.8 Å². The Morgan fingerprint density at radius 2 is 1.88 bits per heavy atom. The number of hydrogen-bond donors (Lipinski definition) is 1. The zero-order valence-corrected chi connectivity index (χ0v) is 19.8. The first-order valence-corrected chi connectivity index (χ1v) is 10.9. The first-order chi connectivity index (χ1) is 16.3. The highest BCUT2D eigenvalue weighted by Crippen LogP contribution is 2.38. The molecule has 9 heteroatoms. The fourth-order valence-corrected chi connectivity index (χ4v) is 3.95. The molecule has 8 nitrogen and oxygen atoms in total. The van der Waals surface area contributed by atoms with Crippen LogP contribution in [0.1, 0.15) is 38.3 Å². The van der Waals surface area contributed by atoms with Gasteiger partial charge in [-0.25, -0.2) is 9.18 Å². The summed E-state index contributed by atoms with van der Waals surface area (Å²) in [5, 5.41) is 7.14. The van der Waals surface area contributed by atoms with Crippen LogP contribution >= 0.6 is 0 Å². The van der Waals surface area contributed by atoms with Gasteiger partial charge >= 0.3 is 6.03 Å². The quantitative estimate of drug-likeness (QED) is 0.524. The molecule has 2 amide bonds. The van der Waals surface area contributed by atoms with Crippen LogP contribution in [0.2, 0.25) is 0 Å². The molecule has 2 heterocycles. The highest BCUT2D eigenvalue weighted by molar-refractivity contribution is 5.87. The predicted octanol–water partition coefficient (Wildman–Crippen LogP) is 5.05. The van der Waals surface area contributed by atoms with Crippen molar-refractivity contribution in [3.63, 3.8) is 0 Å². The standard InChI is InChI=1S/C25H27FN4O4/c1-14(2)13-30-15(3)21(22(27-25(30)31)16-6-9-18(32-4)10-7-16)24-28-23(29-34-24)17-8-11-20(33-5)19(26)12-17/h6-12,14,22H,13H2,1-5H3,(H,27,31). The van der Waals surface area contributed by atoms with Crippen LogP contribution < -0.4 is 14.8 Å². The van der Waals surface area contributed by atoms with E-state index in [0.717, 1.165) is 11.3 Å². The summed E-state index contributed by atoms with van der Waals surface area (Å²) in [6, 6.07) is 11.2. The number of benzene rings is 2. The van der Waals surface area contributed by atoms with E-state index < -0.39 is 11.9 Å². The van der Waals surface area contributed by atoms with Crippen LogP contribution in [0, 0.1) is 11.7 Å². The molecule has 4 rings (SSSR count). The number of ether oxygens (including phenoxy) is 2. The maximum Gasteiger partial charge on any atom is 0.322 e. The van der Waals surface area contributed by atoms with Crippen molar-refractivity contribution in [3.05, 3.63) is 65.4 Å². The summed E-state index contributed by atoms with van der Waals surface area (Å²) in [6.45, 7) is 6.47. The molecule has 0 radical (unpaired) electrons. The lowest BCUT2D eigenvalue weighted by atomic mass is 9.94. The SMILES string of the molecule is COc1ccc(C2NC(=O)N(CC(C)C)C(C)=C2c2nc(-c3ccc(OC)c(F)c3)no2)cc1. The van der Waals surface area contributed by atoms with E-state index in [4.69, 9.17) is 14.0 Å². The molecular formula is C25H27FN4O4. The number of methoxy groups -OCH3 is 2. The van der Waals surface area contributed by atoms with Gasteiger partial charge in [0.1, 0.15) is 5.75 Å². The fourth-order valence-electron chi connectivity index (χ4n) is 3.95. The van der Waals surface area contributed by atoms with E-state index in [1.807, 2.05) is 45.0 Å². The summed E-state index contributed by atoms with van der Waals surface area (Å²) in [7, 11) is 3.00. The summed E-state index contributed by atoms with van der Waals surface area (Å²) in [5.41, 5.74) is 2.68. The second kappa shape index (κ2) is 9.54. The molecule has 0 aliphatic carbocycles. The number of nitrogens with zero attached hydrogens (tertiary/aromatic N) is 3. The molecule has 0 saturated heterocycles. The van der Waals surface area contributed by atoms with E-state index in [9.17, 15) is 9.18 Å². The third-order valence-corrected chi connectivity index (χ3v) is 5.66. The number of urea groups is 1. The molecule has 34 heavy (non-hydrogen) atoms. The Hall–Kier alpha value is -3.88. The van der Waals surface area contributed by atoms with Gasteiger partial charge in [0.15, 0.2) is 11.6 Å². The summed E-state index contributed by atoms with van der Waals surface area (Å²) in [4.78, 5) is 19.2. The average Bonchev–Trinajstić information content (AvgIpc) is 3.31. The van der Waals surface area contributed by atoms with Crippen molar-refractivity contribution in [1.29, 1.82) is 0 Å². The number of nitrogens with one attached hydrogen (secondary N) is 1. The molecule has 1 aliphatic heterocycles. The monoisotopic (exact) mass is 466 g/mol. The van der Waals surface area contributed by atoms with Gasteiger partial charge in [-0.15, -0.1) is 0 Å². The molecule has 1 aliphatic rings. The lowest BCUT2D eigenvalue weighted by Crippen LogP contribution is -2.47. The lowest BCUT2D eigenvalue weighted by molar-refractivity contribution is 0.199. The van der Waals surface area contributed by atoms with Gasteiger partial charge in [0.2, 0.25) is 5.82 Å². The molecule has 178 valence electrons. The number of carbonyl (C=O) groups is 1. The van der Waals surface area contributed by atoms with E-state index in [1.54, 1.807) is 18.1 Å². The van der Waals surface area contributed by atoms with Gasteiger partial charge in [-0.1, -0.05) is 31.1 Å². The average molecular weight is 467 g/mol. The van der Waals surface area contributed by atoms with Crippen LogP contribution in [-0.4, -0.2) is 41.8 Å². The zero-order valence-electron chi connectivity index (χ0n) is 19.8. The van der Waals surface area contributed by atoms with Crippen molar-refractivity contribution in [2.75, 3.05) is 20.8 Å². The summed E-state index contributed by atoms with van der Waals surface area (Å²) in [5.74, 6) is 1.04. The van der Waals surface area contributed by atoms with Gasteiger partial charge in [-0.3, -0.25) is 4.90 Å². The van der Waals surface area contributed by atoms with Gasteiger partial charge in [-0.2, -0.15) is 4.98 Å². The van der Waals surface area contributed by atoms with Gasteiger partial charge in [0.25, 0.3) is 5.89 Å². The minimum Gasteiger partial charge on any atom is -0.497 e. The topological polar surface area (TPSA) is 89.7 Å². The van der Waals surface area contributed by atoms with E-state index >= 15 is 0 Å². The largest absolute Gasteiger partial charge is 0.497 e. The number of allylic oxidation sites excluding steroid dienone is 1. The maximum atomic E-state index is 14.2. The van der Waals surface area contributed by atoms with Crippen LogP contribution in [-0.2, 0) is 0 Å². The first kappa shape index (κ1) is 23.3. The first-order valence-electron chi connectivity index (χ1n) is 10.9. The number of aromatic nitrogens is 2. The van der Waals surface area contributed by atoms with Gasteiger partial charge < -0.3 is 19.3 Å². The Bertz CT molecular complexity index is 1220. The van der Waals surface area contributed by atoms with Crippen molar-refractivity contribution in [2.24, 2.45) is 5.92 Å². The predicted molar refractivity (Wildman–Crippen MR) is 125 cm³/mol. The minimum absolute atomic E-state index is 0.130. The number of amides is 2. The van der Waals surface area contributed by atoms with E-state index in [1.165, 1.54) is 19.2 Å². The fraction of sp³-hybridized carbons (Fsp3) is 0.320. The van der Waals surface area contributed by atoms with Gasteiger partial charge in [-0.05, 0) is 48.7 Å². The zero-order chi connectivity index (χ0) is 24.4. The Balaban J connectivity index is 1.79. The van der Waals surface area contributed by atoms with Crippen LogP contribution in [0.3, 0.4) is 0 Å². The molecule has 1 unspecified atom stereocenters. The number of carbonyl (C=O) groups excluding carboxylic acids is 1.